The van der Waals surface area contributed by atoms with Gasteiger partial charge in [-0.15, -0.1) is 0 Å². The lowest BCUT2D eigenvalue weighted by atomic mass is 9.84. The lowest BCUT2D eigenvalue weighted by molar-refractivity contribution is -0.128. The second-order valence-electron chi connectivity index (χ2n) is 10.6. The molecule has 2 aromatic rings. The number of nitrogens with zero attached hydrogens (tertiary/aromatic N) is 4. The Bertz CT molecular complexity index is 1330. The second kappa shape index (κ2) is 9.13. The van der Waals surface area contributed by atoms with Crippen LogP contribution in [0.3, 0.4) is 0 Å². The average molecular weight is 543 g/mol. The van der Waals surface area contributed by atoms with Crippen LogP contribution in [0.25, 0.3) is 11.3 Å². The number of pyridine rings is 1. The summed E-state index contributed by atoms with van der Waals surface area (Å²) in [6, 6.07) is 3.58. The number of aromatic nitrogens is 1. The molecule has 3 fully saturated rings. The van der Waals surface area contributed by atoms with E-state index in [0.29, 0.717) is 38.7 Å². The first-order valence-corrected chi connectivity index (χ1v) is 13.0. The topological polar surface area (TPSA) is 95.4 Å². The van der Waals surface area contributed by atoms with E-state index in [0.717, 1.165) is 6.42 Å². The summed E-state index contributed by atoms with van der Waals surface area (Å²) in [7, 11) is 0. The van der Waals surface area contributed by atoms with Gasteiger partial charge in [-0.25, -0.2) is 9.37 Å². The molecule has 0 aliphatic carbocycles. The maximum atomic E-state index is 15.0. The van der Waals surface area contributed by atoms with Gasteiger partial charge in [0.2, 0.25) is 5.91 Å². The Labute approximate surface area is 224 Å². The first kappa shape index (κ1) is 24.9. The first-order valence-electron chi connectivity index (χ1n) is 12.6. The van der Waals surface area contributed by atoms with E-state index in [1.54, 1.807) is 9.80 Å². The number of anilines is 1. The molecule has 200 valence electrons. The lowest BCUT2D eigenvalue weighted by Gasteiger charge is -2.40. The van der Waals surface area contributed by atoms with Crippen molar-refractivity contribution in [2.24, 2.45) is 5.41 Å². The summed E-state index contributed by atoms with van der Waals surface area (Å²) in [5, 5.41) is 10.5. The minimum absolute atomic E-state index is 0.00478. The number of hydrogen-bond acceptors (Lipinski definition) is 7. The van der Waals surface area contributed by atoms with Gasteiger partial charge in [0.25, 0.3) is 5.91 Å². The Morgan fingerprint density at radius 1 is 1.29 bits per heavy atom. The summed E-state index contributed by atoms with van der Waals surface area (Å²) in [4.78, 5) is 36.5. The highest BCUT2D eigenvalue weighted by molar-refractivity contribution is 6.35. The smallest absolute Gasteiger partial charge is 0.261 e. The Morgan fingerprint density at radius 2 is 2.08 bits per heavy atom. The van der Waals surface area contributed by atoms with Crippen LogP contribution in [0.2, 0.25) is 5.02 Å². The molecule has 0 saturated carbocycles. The summed E-state index contributed by atoms with van der Waals surface area (Å²) in [6.07, 6.45) is 2.11. The maximum absolute atomic E-state index is 15.0. The zero-order chi connectivity index (χ0) is 26.8. The predicted molar refractivity (Wildman–Crippen MR) is 138 cm³/mol. The average Bonchev–Trinajstić information content (AvgIpc) is 3.18. The molecule has 38 heavy (non-hydrogen) atoms. The number of rotatable bonds is 3. The van der Waals surface area contributed by atoms with Crippen LogP contribution in [-0.2, 0) is 9.53 Å². The number of phenols is 1. The SMILES string of the molecule is C=CC(=O)N1CCN2C(=O)c3c(N4CC5(COC5)CC4C)nc(-c4c(O)cccc4F)c(Cl)c3OC[C@H]2C1. The number of carbonyl (C=O) groups is 2. The minimum atomic E-state index is -0.695. The third-order valence-corrected chi connectivity index (χ3v) is 8.37. The van der Waals surface area contributed by atoms with Crippen molar-refractivity contribution >= 4 is 29.2 Å². The fourth-order valence-corrected chi connectivity index (χ4v) is 6.38. The largest absolute Gasteiger partial charge is 0.507 e. The summed E-state index contributed by atoms with van der Waals surface area (Å²) in [6.45, 7) is 8.51. The number of ether oxygens (including phenoxy) is 2. The normalized spacial score (nSPS) is 23.9. The number of benzene rings is 1. The fourth-order valence-electron chi connectivity index (χ4n) is 6.10. The highest BCUT2D eigenvalue weighted by Crippen LogP contribution is 2.49. The number of aromatic hydroxyl groups is 1. The fraction of sp³-hybridized carbons (Fsp3) is 0.444. The molecule has 0 bridgehead atoms. The van der Waals surface area contributed by atoms with Crippen molar-refractivity contribution in [2.45, 2.75) is 25.4 Å². The molecule has 2 amide bonds. The van der Waals surface area contributed by atoms with Gasteiger partial charge in [-0.2, -0.15) is 0 Å². The first-order chi connectivity index (χ1) is 18.2. The van der Waals surface area contributed by atoms with Crippen LogP contribution in [0.5, 0.6) is 11.5 Å². The van der Waals surface area contributed by atoms with E-state index in [2.05, 4.69) is 13.5 Å². The third-order valence-electron chi connectivity index (χ3n) is 8.02. The summed E-state index contributed by atoms with van der Waals surface area (Å²) in [5.41, 5.74) is 0.0210. The molecule has 1 unspecified atom stereocenters. The number of piperazine rings is 1. The zero-order valence-corrected chi connectivity index (χ0v) is 21.7. The summed E-state index contributed by atoms with van der Waals surface area (Å²) >= 11 is 6.80. The van der Waals surface area contributed by atoms with Gasteiger partial charge in [-0.1, -0.05) is 24.2 Å². The van der Waals surface area contributed by atoms with Gasteiger partial charge in [0.15, 0.2) is 5.75 Å². The third kappa shape index (κ3) is 3.80. The van der Waals surface area contributed by atoms with Crippen LogP contribution < -0.4 is 9.64 Å². The molecular weight excluding hydrogens is 515 g/mol. The Morgan fingerprint density at radius 3 is 2.74 bits per heavy atom. The van der Waals surface area contributed by atoms with Crippen molar-refractivity contribution in [1.82, 2.24) is 14.8 Å². The molecule has 1 spiro atoms. The highest BCUT2D eigenvalue weighted by Gasteiger charge is 2.50. The van der Waals surface area contributed by atoms with Gasteiger partial charge in [0, 0.05) is 37.6 Å². The van der Waals surface area contributed by atoms with Crippen molar-refractivity contribution in [3.63, 3.8) is 0 Å². The van der Waals surface area contributed by atoms with Gasteiger partial charge in [0.05, 0.1) is 24.8 Å². The predicted octanol–water partition coefficient (Wildman–Crippen LogP) is 3.09. The molecule has 6 rings (SSSR count). The molecule has 1 N–H and O–H groups in total. The summed E-state index contributed by atoms with van der Waals surface area (Å²) in [5.74, 6) is -1.09. The molecule has 1 aromatic carbocycles. The molecule has 5 heterocycles. The number of hydrogen-bond donors (Lipinski definition) is 1. The van der Waals surface area contributed by atoms with Gasteiger partial charge < -0.3 is 29.3 Å². The van der Waals surface area contributed by atoms with Crippen molar-refractivity contribution < 1.29 is 28.6 Å². The molecule has 3 saturated heterocycles. The van der Waals surface area contributed by atoms with E-state index in [1.807, 2.05) is 4.90 Å². The molecule has 0 radical (unpaired) electrons. The molecule has 4 aliphatic rings. The van der Waals surface area contributed by atoms with E-state index in [9.17, 15) is 14.7 Å². The number of halogens is 2. The molecular formula is C27H28ClFN4O5. The van der Waals surface area contributed by atoms with Crippen LogP contribution in [-0.4, -0.2) is 89.8 Å². The van der Waals surface area contributed by atoms with Crippen molar-refractivity contribution in [1.29, 1.82) is 0 Å². The number of fused-ring (bicyclic) bond motifs is 2. The van der Waals surface area contributed by atoms with Gasteiger partial charge in [-0.05, 0) is 31.6 Å². The Kier molecular flexibility index (Phi) is 5.99. The number of phenolic OH excluding ortho intramolecular Hbond substituents is 1. The van der Waals surface area contributed by atoms with Crippen molar-refractivity contribution in [2.75, 3.05) is 50.9 Å². The molecule has 2 atom stereocenters. The number of carbonyl (C=O) groups excluding carboxylic acids is 2. The van der Waals surface area contributed by atoms with E-state index >= 15 is 4.39 Å². The van der Waals surface area contributed by atoms with Gasteiger partial charge in [0.1, 0.15) is 40.3 Å². The molecule has 9 nitrogen and oxygen atoms in total. The van der Waals surface area contributed by atoms with E-state index in [4.69, 9.17) is 26.1 Å². The quantitative estimate of drug-likeness (QED) is 0.596. The standard InChI is InChI=1S/C27H28ClFN4O5/c1-3-19(35)31-7-8-32-16(10-31)11-38-24-21(26(32)36)25(33-12-27(9-15(33)2)13-37-14-27)30-23(22(24)28)20-17(29)5-4-6-18(20)34/h3-6,15-16,34H,1,7-14H2,2H3/t15?,16-/m1/s1. The molecule has 11 heteroatoms. The van der Waals surface area contributed by atoms with Gasteiger partial charge in [-0.3, -0.25) is 9.59 Å². The van der Waals surface area contributed by atoms with Crippen LogP contribution >= 0.6 is 11.6 Å². The van der Waals surface area contributed by atoms with Crippen LogP contribution in [0.4, 0.5) is 10.2 Å². The number of amides is 2. The Hall–Kier alpha value is -3.37. The minimum Gasteiger partial charge on any atom is -0.507 e. The molecule has 4 aliphatic heterocycles. The van der Waals surface area contributed by atoms with Crippen LogP contribution in [0.15, 0.2) is 30.9 Å². The van der Waals surface area contributed by atoms with Crippen molar-refractivity contribution in [3.8, 4) is 22.8 Å². The lowest BCUT2D eigenvalue weighted by Crippen LogP contribution is -2.57. The van der Waals surface area contributed by atoms with E-state index < -0.39 is 11.9 Å². The van der Waals surface area contributed by atoms with E-state index in [1.165, 1.54) is 24.3 Å². The summed E-state index contributed by atoms with van der Waals surface area (Å²) < 4.78 is 26.7. The van der Waals surface area contributed by atoms with E-state index in [-0.39, 0.29) is 69.8 Å². The van der Waals surface area contributed by atoms with Crippen LogP contribution in [0.1, 0.15) is 23.7 Å². The zero-order valence-electron chi connectivity index (χ0n) is 21.0. The molecule has 1 aromatic heterocycles. The van der Waals surface area contributed by atoms with Gasteiger partial charge >= 0.3 is 0 Å². The highest BCUT2D eigenvalue weighted by atomic mass is 35.5. The maximum Gasteiger partial charge on any atom is 0.261 e. The second-order valence-corrected chi connectivity index (χ2v) is 10.9. The Balaban J connectivity index is 1.50. The monoisotopic (exact) mass is 542 g/mol. The van der Waals surface area contributed by atoms with Crippen molar-refractivity contribution in [3.05, 3.63) is 47.3 Å². The van der Waals surface area contributed by atoms with Crippen LogP contribution in [0, 0.1) is 11.2 Å².